The van der Waals surface area contributed by atoms with E-state index in [-0.39, 0.29) is 23.6 Å². The third kappa shape index (κ3) is 4.78. The maximum Gasteiger partial charge on any atom is 0.294 e. The molecule has 0 aliphatic carbocycles. The monoisotopic (exact) mass is 465 g/mol. The molecule has 1 aromatic carbocycles. The molecule has 2 fully saturated rings. The van der Waals surface area contributed by atoms with Gasteiger partial charge in [0.05, 0.1) is 4.91 Å². The summed E-state index contributed by atoms with van der Waals surface area (Å²) >= 11 is 0.912. The number of carbonyl (C=O) groups is 3. The summed E-state index contributed by atoms with van der Waals surface area (Å²) in [5, 5.41) is -0.377. The van der Waals surface area contributed by atoms with E-state index < -0.39 is 0 Å². The molecule has 0 unspecified atom stereocenters. The summed E-state index contributed by atoms with van der Waals surface area (Å²) in [5.41, 5.74) is 6.49. The zero-order chi connectivity index (χ0) is 23.7. The molecular weight excluding hydrogens is 434 g/mol. The second kappa shape index (κ2) is 9.59. The van der Waals surface area contributed by atoms with E-state index in [1.165, 1.54) is 11.1 Å². The summed E-state index contributed by atoms with van der Waals surface area (Å²) in [6.07, 6.45) is 5.97. The molecule has 7 heteroatoms. The average molecular weight is 466 g/mol. The molecule has 33 heavy (non-hydrogen) atoms. The molecule has 2 aliphatic rings. The number of carbonyl (C=O) groups excluding carboxylic acids is 3. The van der Waals surface area contributed by atoms with Crippen LogP contribution in [0.25, 0.3) is 11.8 Å². The molecule has 1 aromatic heterocycles. The Bertz CT molecular complexity index is 1140. The van der Waals surface area contributed by atoms with Gasteiger partial charge in [0.15, 0.2) is 0 Å². The molecule has 0 saturated carbocycles. The van der Waals surface area contributed by atoms with Crippen LogP contribution < -0.4 is 0 Å². The molecule has 0 spiro atoms. The van der Waals surface area contributed by atoms with Crippen molar-refractivity contribution >= 4 is 34.9 Å². The minimum Gasteiger partial charge on any atom is -0.341 e. The highest BCUT2D eigenvalue weighted by Crippen LogP contribution is 2.34. The van der Waals surface area contributed by atoms with Gasteiger partial charge in [0.25, 0.3) is 11.1 Å². The van der Waals surface area contributed by atoms with Gasteiger partial charge in [-0.15, -0.1) is 0 Å². The van der Waals surface area contributed by atoms with Crippen LogP contribution in [0.3, 0.4) is 0 Å². The van der Waals surface area contributed by atoms with Crippen molar-refractivity contribution in [2.24, 2.45) is 0 Å². The molecule has 6 nitrogen and oxygen atoms in total. The number of imide groups is 1. The summed E-state index contributed by atoms with van der Waals surface area (Å²) in [4.78, 5) is 41.5. The molecule has 0 bridgehead atoms. The zero-order valence-electron chi connectivity index (χ0n) is 19.8. The zero-order valence-corrected chi connectivity index (χ0v) is 20.6. The van der Waals surface area contributed by atoms with Crippen molar-refractivity contribution in [3.05, 3.63) is 57.2 Å². The quantitative estimate of drug-likeness (QED) is 0.586. The van der Waals surface area contributed by atoms with Crippen molar-refractivity contribution in [3.63, 3.8) is 0 Å². The molecule has 3 heterocycles. The van der Waals surface area contributed by atoms with Gasteiger partial charge in [-0.3, -0.25) is 19.3 Å². The lowest BCUT2D eigenvalue weighted by Crippen LogP contribution is -2.42. The van der Waals surface area contributed by atoms with Crippen molar-refractivity contribution in [1.82, 2.24) is 14.4 Å². The van der Waals surface area contributed by atoms with E-state index in [1.54, 1.807) is 11.0 Å². The van der Waals surface area contributed by atoms with E-state index in [4.69, 9.17) is 0 Å². The summed E-state index contributed by atoms with van der Waals surface area (Å²) in [5.74, 6) is -0.530. The summed E-state index contributed by atoms with van der Waals surface area (Å²) < 4.78 is 2.16. The van der Waals surface area contributed by atoms with Gasteiger partial charge >= 0.3 is 0 Å². The minimum absolute atomic E-state index is 0.145. The highest BCUT2D eigenvalue weighted by molar-refractivity contribution is 8.18. The number of hydrogen-bond donors (Lipinski definition) is 0. The molecule has 2 aromatic rings. The van der Waals surface area contributed by atoms with Crippen LogP contribution >= 0.6 is 11.8 Å². The largest absolute Gasteiger partial charge is 0.341 e. The normalized spacial score (nSPS) is 18.4. The van der Waals surface area contributed by atoms with Crippen molar-refractivity contribution in [2.45, 2.75) is 53.4 Å². The first-order valence-corrected chi connectivity index (χ1v) is 12.4. The van der Waals surface area contributed by atoms with Crippen LogP contribution in [-0.2, 0) is 9.59 Å². The van der Waals surface area contributed by atoms with Crippen LogP contribution in [0.1, 0.15) is 53.8 Å². The van der Waals surface area contributed by atoms with Gasteiger partial charge in [0.1, 0.15) is 6.54 Å². The SMILES string of the molecule is Cc1ccc(-n2c(C)cc(C=C3SC(=O)N(CC(=O)N4CCCCCC4)C3=O)c2C)cc1C. The fourth-order valence-corrected chi connectivity index (χ4v) is 5.36. The van der Waals surface area contributed by atoms with Crippen molar-refractivity contribution in [2.75, 3.05) is 19.6 Å². The Morgan fingerprint density at radius 3 is 2.33 bits per heavy atom. The topological polar surface area (TPSA) is 62.6 Å². The number of likely N-dealkylation sites (tertiary alicyclic amines) is 1. The van der Waals surface area contributed by atoms with Crippen LogP contribution in [0.5, 0.6) is 0 Å². The van der Waals surface area contributed by atoms with Crippen LogP contribution in [0.4, 0.5) is 4.79 Å². The molecule has 2 saturated heterocycles. The number of amides is 3. The first-order valence-electron chi connectivity index (χ1n) is 11.6. The minimum atomic E-state index is -0.385. The van der Waals surface area contributed by atoms with Crippen LogP contribution in [0, 0.1) is 27.7 Å². The summed E-state index contributed by atoms with van der Waals surface area (Å²) in [7, 11) is 0. The Morgan fingerprint density at radius 2 is 1.67 bits per heavy atom. The number of thioether (sulfide) groups is 1. The molecule has 0 N–H and O–H groups in total. The molecule has 3 amide bonds. The highest BCUT2D eigenvalue weighted by atomic mass is 32.2. The molecular formula is C26H31N3O3S. The Hall–Kier alpha value is -2.80. The molecule has 0 radical (unpaired) electrons. The lowest BCUT2D eigenvalue weighted by Gasteiger charge is -2.22. The van der Waals surface area contributed by atoms with E-state index in [0.29, 0.717) is 18.0 Å². The number of hydrogen-bond acceptors (Lipinski definition) is 4. The van der Waals surface area contributed by atoms with Crippen LogP contribution in [0.2, 0.25) is 0 Å². The van der Waals surface area contributed by atoms with Crippen LogP contribution in [0.15, 0.2) is 29.2 Å². The third-order valence-electron chi connectivity index (χ3n) is 6.63. The number of benzene rings is 1. The average Bonchev–Trinajstić information content (AvgIpc) is 3.07. The third-order valence-corrected chi connectivity index (χ3v) is 7.54. The van der Waals surface area contributed by atoms with E-state index in [2.05, 4.69) is 36.6 Å². The number of rotatable bonds is 4. The van der Waals surface area contributed by atoms with Gasteiger partial charge in [-0.2, -0.15) is 0 Å². The first-order chi connectivity index (χ1) is 15.8. The second-order valence-corrected chi connectivity index (χ2v) is 9.99. The molecule has 4 rings (SSSR count). The van der Waals surface area contributed by atoms with E-state index in [0.717, 1.165) is 65.0 Å². The summed E-state index contributed by atoms with van der Waals surface area (Å²) in [6, 6.07) is 8.38. The lowest BCUT2D eigenvalue weighted by molar-refractivity contribution is -0.135. The molecule has 174 valence electrons. The lowest BCUT2D eigenvalue weighted by atomic mass is 10.1. The van der Waals surface area contributed by atoms with E-state index in [9.17, 15) is 14.4 Å². The maximum absolute atomic E-state index is 13.0. The predicted octanol–water partition coefficient (Wildman–Crippen LogP) is 5.15. The van der Waals surface area contributed by atoms with E-state index in [1.807, 2.05) is 19.9 Å². The van der Waals surface area contributed by atoms with E-state index >= 15 is 0 Å². The number of nitrogens with zero attached hydrogens (tertiary/aromatic N) is 3. The number of aromatic nitrogens is 1. The Balaban J connectivity index is 1.55. The van der Waals surface area contributed by atoms with Crippen molar-refractivity contribution < 1.29 is 14.4 Å². The predicted molar refractivity (Wildman–Crippen MR) is 132 cm³/mol. The first kappa shape index (κ1) is 23.4. The Labute approximate surface area is 199 Å². The Morgan fingerprint density at radius 1 is 0.970 bits per heavy atom. The smallest absolute Gasteiger partial charge is 0.294 e. The van der Waals surface area contributed by atoms with Gasteiger partial charge in [-0.05, 0) is 93.3 Å². The van der Waals surface area contributed by atoms with Gasteiger partial charge in [-0.25, -0.2) is 0 Å². The fraction of sp³-hybridized carbons (Fsp3) is 0.423. The Kier molecular flexibility index (Phi) is 6.79. The second-order valence-electron chi connectivity index (χ2n) is 8.99. The van der Waals surface area contributed by atoms with Gasteiger partial charge in [0, 0.05) is 30.2 Å². The molecule has 0 atom stereocenters. The fourth-order valence-electron chi connectivity index (χ4n) is 4.53. The summed E-state index contributed by atoms with van der Waals surface area (Å²) in [6.45, 7) is 9.46. The van der Waals surface area contributed by atoms with Gasteiger partial charge < -0.3 is 9.47 Å². The van der Waals surface area contributed by atoms with Gasteiger partial charge in [-0.1, -0.05) is 18.9 Å². The van der Waals surface area contributed by atoms with Crippen LogP contribution in [-0.4, -0.2) is 51.1 Å². The maximum atomic E-state index is 13.0. The number of aryl methyl sites for hydroxylation is 3. The van der Waals surface area contributed by atoms with Crippen molar-refractivity contribution in [3.8, 4) is 5.69 Å². The van der Waals surface area contributed by atoms with Crippen molar-refractivity contribution in [1.29, 1.82) is 0 Å². The van der Waals surface area contributed by atoms with Gasteiger partial charge in [0.2, 0.25) is 5.91 Å². The molecule has 2 aliphatic heterocycles. The standard InChI is InChI=1S/C26H31N3O3S/c1-17-9-10-22(13-18(17)2)29-19(3)14-21(20(29)4)15-23-25(31)28(26(32)33-23)16-24(30)27-11-7-5-6-8-12-27/h9-10,13-15H,5-8,11-12,16H2,1-4H3. The highest BCUT2D eigenvalue weighted by Gasteiger charge is 2.37.